The zero-order valence-electron chi connectivity index (χ0n) is 19.1. The van der Waals surface area contributed by atoms with Crippen LogP contribution < -0.4 is 4.74 Å². The van der Waals surface area contributed by atoms with Crippen LogP contribution in [0.2, 0.25) is 5.02 Å². The number of ether oxygens (including phenoxy) is 1. The molecule has 4 aromatic rings. The van der Waals surface area contributed by atoms with E-state index in [1.54, 1.807) is 17.0 Å². The molecule has 0 unspecified atom stereocenters. The lowest BCUT2D eigenvalue weighted by atomic mass is 10.0. The number of para-hydroxylation sites is 1. The number of benzene rings is 3. The van der Waals surface area contributed by atoms with Crippen molar-refractivity contribution in [1.82, 2.24) is 9.88 Å². The number of likely N-dealkylation sites (tertiary alicyclic amines) is 1. The van der Waals surface area contributed by atoms with Crippen LogP contribution in [0.5, 0.6) is 5.75 Å². The molecule has 0 bridgehead atoms. The highest BCUT2D eigenvalue weighted by molar-refractivity contribution is 6.30. The maximum atomic E-state index is 13.3. The summed E-state index contributed by atoms with van der Waals surface area (Å²) < 4.78 is 5.96. The largest absolute Gasteiger partial charge is 0.487 e. The van der Waals surface area contributed by atoms with Crippen LogP contribution in [0.15, 0.2) is 84.9 Å². The fourth-order valence-electron chi connectivity index (χ4n) is 4.17. The molecule has 1 aromatic heterocycles. The number of carbonyl (C=O) groups excluding carboxylic acids is 1. The number of aromatic nitrogens is 1. The summed E-state index contributed by atoms with van der Waals surface area (Å²) in [6.07, 6.45) is 1.98. The number of aliphatic hydroxyl groups is 1. The number of fused-ring (bicyclic) bond motifs is 1. The van der Waals surface area contributed by atoms with Gasteiger partial charge in [0.15, 0.2) is 0 Å². The van der Waals surface area contributed by atoms with E-state index in [1.165, 1.54) is 0 Å². The van der Waals surface area contributed by atoms with Gasteiger partial charge in [0.2, 0.25) is 0 Å². The minimum Gasteiger partial charge on any atom is -0.487 e. The summed E-state index contributed by atoms with van der Waals surface area (Å²) in [5.74, 6) is 0.587. The van der Waals surface area contributed by atoms with Gasteiger partial charge in [-0.25, -0.2) is 4.98 Å². The molecule has 35 heavy (non-hydrogen) atoms. The van der Waals surface area contributed by atoms with Gasteiger partial charge in [0.25, 0.3) is 5.91 Å². The Kier molecular flexibility index (Phi) is 6.80. The van der Waals surface area contributed by atoms with Crippen molar-refractivity contribution in [2.45, 2.75) is 19.1 Å². The monoisotopic (exact) mass is 484 g/mol. The van der Waals surface area contributed by atoms with Crippen LogP contribution in [-0.4, -0.2) is 40.1 Å². The summed E-state index contributed by atoms with van der Waals surface area (Å²) in [6, 6.07) is 26.8. The van der Waals surface area contributed by atoms with Gasteiger partial charge in [0.1, 0.15) is 12.4 Å². The Morgan fingerprint density at radius 2 is 1.80 bits per heavy atom. The van der Waals surface area contributed by atoms with Crippen LogP contribution in [0.25, 0.3) is 22.6 Å². The lowest BCUT2D eigenvalue weighted by molar-refractivity contribution is -0.124. The zero-order valence-corrected chi connectivity index (χ0v) is 19.9. The summed E-state index contributed by atoms with van der Waals surface area (Å²) in [5, 5.41) is 11.7. The van der Waals surface area contributed by atoms with Gasteiger partial charge < -0.3 is 14.7 Å². The van der Waals surface area contributed by atoms with Gasteiger partial charge in [-0.05, 0) is 60.0 Å². The molecule has 1 N–H and O–H groups in total. The summed E-state index contributed by atoms with van der Waals surface area (Å²) in [5.41, 5.74) is 4.00. The molecule has 5 nitrogen and oxygen atoms in total. The average Bonchev–Trinajstić information content (AvgIpc) is 3.33. The molecule has 1 aliphatic rings. The molecule has 1 aliphatic heterocycles. The fourth-order valence-corrected chi connectivity index (χ4v) is 4.29. The van der Waals surface area contributed by atoms with E-state index >= 15 is 0 Å². The molecule has 0 spiro atoms. The van der Waals surface area contributed by atoms with Crippen LogP contribution in [0, 0.1) is 0 Å². The smallest absolute Gasteiger partial charge is 0.254 e. The van der Waals surface area contributed by atoms with E-state index in [0.29, 0.717) is 42.5 Å². The Morgan fingerprint density at radius 1 is 1.03 bits per heavy atom. The predicted molar refractivity (Wildman–Crippen MR) is 139 cm³/mol. The second-order valence-electron chi connectivity index (χ2n) is 8.61. The molecule has 1 atom stereocenters. The van der Waals surface area contributed by atoms with Gasteiger partial charge in [-0.3, -0.25) is 4.79 Å². The molecule has 3 aromatic carbocycles. The number of nitrogens with zero attached hydrogens (tertiary/aromatic N) is 2. The second-order valence-corrected chi connectivity index (χ2v) is 9.05. The van der Waals surface area contributed by atoms with Gasteiger partial charge in [0, 0.05) is 29.1 Å². The number of amides is 1. The molecule has 1 amide bonds. The first-order valence-electron chi connectivity index (χ1n) is 11.6. The maximum Gasteiger partial charge on any atom is 0.254 e. The average molecular weight is 485 g/mol. The number of β-amino-alcohol motifs (C(OH)–C–C–N with tert-alkyl or cyclic N) is 1. The standard InChI is InChI=1S/C29H25ClN2O3/c30-23-10-5-20(6-11-23)17-27(29(34)32-16-15-25(33)18-32)21-8-13-26(14-9-21)35-19-24-12-7-22-3-1-2-4-28(22)31-24/h1-14,17,25,33H,15-16,18-19H2/b27-17+/t25-/m1/s1. The highest BCUT2D eigenvalue weighted by atomic mass is 35.5. The topological polar surface area (TPSA) is 62.7 Å². The minimum absolute atomic E-state index is 0.106. The first-order valence-corrected chi connectivity index (χ1v) is 12.0. The lowest BCUT2D eigenvalue weighted by Crippen LogP contribution is -2.30. The highest BCUT2D eigenvalue weighted by Gasteiger charge is 2.27. The Bertz CT molecular complexity index is 1370. The van der Waals surface area contributed by atoms with Crippen LogP contribution in [0.3, 0.4) is 0 Å². The maximum absolute atomic E-state index is 13.3. The quantitative estimate of drug-likeness (QED) is 0.286. The fraction of sp³-hybridized carbons (Fsp3) is 0.172. The number of hydrogen-bond acceptors (Lipinski definition) is 4. The first-order chi connectivity index (χ1) is 17.0. The van der Waals surface area contributed by atoms with Crippen LogP contribution >= 0.6 is 11.6 Å². The van der Waals surface area contributed by atoms with Gasteiger partial charge in [-0.15, -0.1) is 0 Å². The Balaban J connectivity index is 1.35. The first kappa shape index (κ1) is 23.1. The Morgan fingerprint density at radius 3 is 2.54 bits per heavy atom. The minimum atomic E-state index is -0.477. The van der Waals surface area contributed by atoms with Gasteiger partial charge in [-0.2, -0.15) is 0 Å². The van der Waals surface area contributed by atoms with Crippen molar-refractivity contribution in [2.24, 2.45) is 0 Å². The van der Waals surface area contributed by atoms with Crippen LogP contribution in [0.4, 0.5) is 0 Å². The third kappa shape index (κ3) is 5.53. The third-order valence-electron chi connectivity index (χ3n) is 6.07. The molecule has 5 rings (SSSR count). The van der Waals surface area contributed by atoms with E-state index in [0.717, 1.165) is 27.7 Å². The molecule has 2 heterocycles. The van der Waals surface area contributed by atoms with Crippen molar-refractivity contribution >= 4 is 40.1 Å². The normalized spacial score (nSPS) is 16.0. The number of carbonyl (C=O) groups is 1. The van der Waals surface area contributed by atoms with E-state index < -0.39 is 6.10 Å². The van der Waals surface area contributed by atoms with E-state index in [1.807, 2.05) is 78.9 Å². The molecule has 0 saturated carbocycles. The predicted octanol–water partition coefficient (Wildman–Crippen LogP) is 5.60. The number of rotatable bonds is 6. The van der Waals surface area contributed by atoms with Crippen molar-refractivity contribution in [3.8, 4) is 5.75 Å². The van der Waals surface area contributed by atoms with Crippen molar-refractivity contribution in [3.63, 3.8) is 0 Å². The Hall–Kier alpha value is -3.67. The zero-order chi connectivity index (χ0) is 24.2. The number of pyridine rings is 1. The van der Waals surface area contributed by atoms with Crippen LogP contribution in [-0.2, 0) is 11.4 Å². The molecule has 176 valence electrons. The molecule has 1 saturated heterocycles. The summed E-state index contributed by atoms with van der Waals surface area (Å²) in [7, 11) is 0. The van der Waals surface area contributed by atoms with Crippen LogP contribution in [0.1, 0.15) is 23.2 Å². The van der Waals surface area contributed by atoms with Crippen molar-refractivity contribution in [1.29, 1.82) is 0 Å². The molecular weight excluding hydrogens is 460 g/mol. The van der Waals surface area contributed by atoms with Crippen molar-refractivity contribution < 1.29 is 14.6 Å². The molecule has 1 fully saturated rings. The molecule has 0 radical (unpaired) electrons. The van der Waals surface area contributed by atoms with Gasteiger partial charge in [0.05, 0.1) is 17.3 Å². The Labute approximate surface area is 209 Å². The number of aliphatic hydroxyl groups excluding tert-OH is 1. The summed E-state index contributed by atoms with van der Waals surface area (Å²) in [6.45, 7) is 1.23. The van der Waals surface area contributed by atoms with Crippen molar-refractivity contribution in [2.75, 3.05) is 13.1 Å². The lowest BCUT2D eigenvalue weighted by Gasteiger charge is -2.18. The van der Waals surface area contributed by atoms with E-state index in [4.69, 9.17) is 16.3 Å². The highest BCUT2D eigenvalue weighted by Crippen LogP contribution is 2.26. The number of halogens is 1. The third-order valence-corrected chi connectivity index (χ3v) is 6.32. The molecule has 0 aliphatic carbocycles. The number of hydrogen-bond donors (Lipinski definition) is 1. The second kappa shape index (κ2) is 10.3. The van der Waals surface area contributed by atoms with E-state index in [2.05, 4.69) is 4.98 Å². The van der Waals surface area contributed by atoms with Gasteiger partial charge >= 0.3 is 0 Å². The molecular formula is C29H25ClN2O3. The summed E-state index contributed by atoms with van der Waals surface area (Å²) >= 11 is 6.03. The van der Waals surface area contributed by atoms with E-state index in [9.17, 15) is 9.90 Å². The van der Waals surface area contributed by atoms with E-state index in [-0.39, 0.29) is 5.91 Å². The van der Waals surface area contributed by atoms with Gasteiger partial charge in [-0.1, -0.05) is 60.1 Å². The summed E-state index contributed by atoms with van der Waals surface area (Å²) in [4.78, 5) is 19.7. The molecule has 6 heteroatoms. The SMILES string of the molecule is O=C(/C(=C/c1ccc(Cl)cc1)c1ccc(OCc2ccc3ccccc3n2)cc1)N1CC[C@@H](O)C1. The van der Waals surface area contributed by atoms with Crippen molar-refractivity contribution in [3.05, 3.63) is 107 Å².